The Kier molecular flexibility index (Phi) is 6.05. The molecule has 0 atom stereocenters. The minimum Gasteiger partial charge on any atom is -0.381 e. The highest BCUT2D eigenvalue weighted by atomic mass is 16.5. The molecule has 1 saturated heterocycles. The highest BCUT2D eigenvalue weighted by molar-refractivity contribution is 5.13. The van der Waals surface area contributed by atoms with Crippen LogP contribution in [0.2, 0.25) is 0 Å². The SMILES string of the molecule is CN(C)CCOCc1ncn2c1CN(C1CCOCC1)CCC2. The van der Waals surface area contributed by atoms with Gasteiger partial charge in [0, 0.05) is 45.4 Å². The molecule has 0 amide bonds. The molecule has 1 fully saturated rings. The normalized spacial score (nSPS) is 20.7. The average molecular weight is 322 g/mol. The third-order valence-corrected chi connectivity index (χ3v) is 4.86. The highest BCUT2D eigenvalue weighted by Crippen LogP contribution is 2.22. The molecule has 0 unspecified atom stereocenters. The Balaban J connectivity index is 1.61. The first-order valence-corrected chi connectivity index (χ1v) is 8.81. The van der Waals surface area contributed by atoms with Gasteiger partial charge in [-0.3, -0.25) is 4.90 Å². The molecule has 3 rings (SSSR count). The second-order valence-corrected chi connectivity index (χ2v) is 6.85. The third kappa shape index (κ3) is 4.53. The molecule has 3 heterocycles. The maximum absolute atomic E-state index is 5.82. The second kappa shape index (κ2) is 8.24. The topological polar surface area (TPSA) is 42.8 Å². The Hall–Kier alpha value is -0.950. The summed E-state index contributed by atoms with van der Waals surface area (Å²) in [6.07, 6.45) is 5.50. The summed E-state index contributed by atoms with van der Waals surface area (Å²) in [5, 5.41) is 0. The van der Waals surface area contributed by atoms with Gasteiger partial charge in [0.1, 0.15) is 0 Å². The van der Waals surface area contributed by atoms with Gasteiger partial charge in [0.15, 0.2) is 0 Å². The van der Waals surface area contributed by atoms with Crippen molar-refractivity contribution in [1.29, 1.82) is 0 Å². The van der Waals surface area contributed by atoms with Crippen molar-refractivity contribution >= 4 is 0 Å². The molecule has 0 N–H and O–H groups in total. The lowest BCUT2D eigenvalue weighted by Crippen LogP contribution is -2.39. The van der Waals surface area contributed by atoms with Crippen LogP contribution in [0.3, 0.4) is 0 Å². The number of hydrogen-bond donors (Lipinski definition) is 0. The monoisotopic (exact) mass is 322 g/mol. The van der Waals surface area contributed by atoms with Crippen molar-refractivity contribution in [1.82, 2.24) is 19.4 Å². The zero-order valence-electron chi connectivity index (χ0n) is 14.5. The van der Waals surface area contributed by atoms with Crippen LogP contribution in [-0.4, -0.2) is 72.4 Å². The van der Waals surface area contributed by atoms with Crippen LogP contribution in [0.4, 0.5) is 0 Å². The summed E-state index contributed by atoms with van der Waals surface area (Å²) in [5.74, 6) is 0. The van der Waals surface area contributed by atoms with Gasteiger partial charge >= 0.3 is 0 Å². The van der Waals surface area contributed by atoms with Gasteiger partial charge < -0.3 is 18.9 Å². The van der Waals surface area contributed by atoms with E-state index in [1.807, 2.05) is 6.33 Å². The molecular weight excluding hydrogens is 292 g/mol. The van der Waals surface area contributed by atoms with Gasteiger partial charge in [0.2, 0.25) is 0 Å². The number of aryl methyl sites for hydroxylation is 1. The van der Waals surface area contributed by atoms with E-state index in [4.69, 9.17) is 9.47 Å². The van der Waals surface area contributed by atoms with Gasteiger partial charge in [-0.15, -0.1) is 0 Å². The quantitative estimate of drug-likeness (QED) is 0.740. The number of likely N-dealkylation sites (N-methyl/N-ethyl adjacent to an activating group) is 1. The number of rotatable bonds is 6. The predicted molar refractivity (Wildman–Crippen MR) is 89.3 cm³/mol. The third-order valence-electron chi connectivity index (χ3n) is 4.86. The fourth-order valence-electron chi connectivity index (χ4n) is 3.44. The summed E-state index contributed by atoms with van der Waals surface area (Å²) in [6, 6.07) is 0.660. The van der Waals surface area contributed by atoms with Crippen molar-refractivity contribution in [2.75, 3.05) is 47.0 Å². The van der Waals surface area contributed by atoms with Crippen LogP contribution >= 0.6 is 0 Å². The summed E-state index contributed by atoms with van der Waals surface area (Å²) in [4.78, 5) is 9.38. The smallest absolute Gasteiger partial charge is 0.0953 e. The molecule has 130 valence electrons. The molecule has 0 bridgehead atoms. The number of aromatic nitrogens is 2. The molecule has 0 radical (unpaired) electrons. The summed E-state index contributed by atoms with van der Waals surface area (Å²) in [5.41, 5.74) is 2.46. The maximum Gasteiger partial charge on any atom is 0.0953 e. The van der Waals surface area contributed by atoms with Crippen molar-refractivity contribution in [3.63, 3.8) is 0 Å². The van der Waals surface area contributed by atoms with Crippen LogP contribution in [0.25, 0.3) is 0 Å². The zero-order valence-corrected chi connectivity index (χ0v) is 14.5. The maximum atomic E-state index is 5.82. The van der Waals surface area contributed by atoms with E-state index >= 15 is 0 Å². The number of hydrogen-bond acceptors (Lipinski definition) is 5. The highest BCUT2D eigenvalue weighted by Gasteiger charge is 2.25. The van der Waals surface area contributed by atoms with E-state index in [1.54, 1.807) is 0 Å². The van der Waals surface area contributed by atoms with Crippen molar-refractivity contribution in [2.45, 2.75) is 45.0 Å². The molecule has 1 aromatic heterocycles. The standard InChI is InChI=1S/C17H30N4O2/c1-19(2)8-11-23-13-16-17-12-20(15-4-9-22-10-5-15)6-3-7-21(17)14-18-16/h14-15H,3-13H2,1-2H3. The zero-order chi connectivity index (χ0) is 16.1. The molecule has 2 aliphatic heterocycles. The summed E-state index contributed by atoms with van der Waals surface area (Å²) in [7, 11) is 4.13. The molecule has 0 aromatic carbocycles. The van der Waals surface area contributed by atoms with Crippen LogP contribution in [0.1, 0.15) is 30.7 Å². The lowest BCUT2D eigenvalue weighted by Gasteiger charge is -2.33. The Morgan fingerprint density at radius 3 is 2.91 bits per heavy atom. The Bertz CT molecular complexity index is 483. The predicted octanol–water partition coefficient (Wildman–Crippen LogP) is 1.35. The summed E-state index contributed by atoms with van der Waals surface area (Å²) >= 11 is 0. The first-order chi connectivity index (χ1) is 11.2. The van der Waals surface area contributed by atoms with E-state index in [0.29, 0.717) is 12.6 Å². The van der Waals surface area contributed by atoms with E-state index in [1.165, 1.54) is 18.7 Å². The molecule has 23 heavy (non-hydrogen) atoms. The number of fused-ring (bicyclic) bond motifs is 1. The molecule has 0 aliphatic carbocycles. The van der Waals surface area contributed by atoms with Gasteiger partial charge in [0.05, 0.1) is 30.9 Å². The number of ether oxygens (including phenoxy) is 2. The van der Waals surface area contributed by atoms with E-state index in [0.717, 1.165) is 58.0 Å². The molecule has 6 nitrogen and oxygen atoms in total. The van der Waals surface area contributed by atoms with Crippen LogP contribution in [0, 0.1) is 0 Å². The minimum atomic E-state index is 0.623. The first kappa shape index (κ1) is 16.9. The van der Waals surface area contributed by atoms with E-state index in [9.17, 15) is 0 Å². The van der Waals surface area contributed by atoms with Crippen LogP contribution < -0.4 is 0 Å². The number of imidazole rings is 1. The van der Waals surface area contributed by atoms with E-state index in [2.05, 4.69) is 33.4 Å². The summed E-state index contributed by atoms with van der Waals surface area (Å²) < 4.78 is 13.7. The Labute approximate surface area is 139 Å². The van der Waals surface area contributed by atoms with Gasteiger partial charge in [-0.05, 0) is 33.4 Å². The van der Waals surface area contributed by atoms with E-state index in [-0.39, 0.29) is 0 Å². The minimum absolute atomic E-state index is 0.623. The van der Waals surface area contributed by atoms with Gasteiger partial charge in [-0.1, -0.05) is 0 Å². The van der Waals surface area contributed by atoms with Crippen molar-refractivity contribution in [3.05, 3.63) is 17.7 Å². The van der Waals surface area contributed by atoms with Gasteiger partial charge in [0.25, 0.3) is 0 Å². The lowest BCUT2D eigenvalue weighted by atomic mass is 10.1. The molecule has 2 aliphatic rings. The lowest BCUT2D eigenvalue weighted by molar-refractivity contribution is 0.0310. The van der Waals surface area contributed by atoms with E-state index < -0.39 is 0 Å². The number of nitrogens with zero attached hydrogens (tertiary/aromatic N) is 4. The molecular formula is C17H30N4O2. The van der Waals surface area contributed by atoms with Crippen molar-refractivity contribution in [3.8, 4) is 0 Å². The first-order valence-electron chi connectivity index (χ1n) is 8.81. The van der Waals surface area contributed by atoms with Crippen molar-refractivity contribution < 1.29 is 9.47 Å². The fraction of sp³-hybridized carbons (Fsp3) is 0.824. The largest absolute Gasteiger partial charge is 0.381 e. The average Bonchev–Trinajstić information content (AvgIpc) is 2.80. The Morgan fingerprint density at radius 1 is 1.30 bits per heavy atom. The fourth-order valence-corrected chi connectivity index (χ4v) is 3.44. The molecule has 0 saturated carbocycles. The molecule has 1 aromatic rings. The second-order valence-electron chi connectivity index (χ2n) is 6.85. The van der Waals surface area contributed by atoms with Crippen LogP contribution in [0.15, 0.2) is 6.33 Å². The van der Waals surface area contributed by atoms with Gasteiger partial charge in [-0.2, -0.15) is 0 Å². The summed E-state index contributed by atoms with van der Waals surface area (Å²) in [6.45, 7) is 7.37. The molecule has 0 spiro atoms. The van der Waals surface area contributed by atoms with Crippen molar-refractivity contribution in [2.24, 2.45) is 0 Å². The molecule has 6 heteroatoms. The van der Waals surface area contributed by atoms with Crippen LogP contribution in [0.5, 0.6) is 0 Å². The van der Waals surface area contributed by atoms with Crippen LogP contribution in [-0.2, 0) is 29.2 Å². The van der Waals surface area contributed by atoms with Gasteiger partial charge in [-0.25, -0.2) is 4.98 Å². The Morgan fingerprint density at radius 2 is 2.13 bits per heavy atom.